The van der Waals surface area contributed by atoms with Crippen molar-refractivity contribution in [3.05, 3.63) is 29.8 Å². The molecule has 7 heteroatoms. The zero-order chi connectivity index (χ0) is 15.4. The summed E-state index contributed by atoms with van der Waals surface area (Å²) in [5.74, 6) is -0.957. The summed E-state index contributed by atoms with van der Waals surface area (Å²) in [6, 6.07) is 6.69. The molecule has 1 aromatic rings. The molecule has 0 saturated heterocycles. The molecule has 1 aromatic carbocycles. The molecule has 0 aliphatic heterocycles. The average molecular weight is 320 g/mol. The van der Waals surface area contributed by atoms with Gasteiger partial charge in [0.15, 0.2) is 9.84 Å². The van der Waals surface area contributed by atoms with Crippen LogP contribution in [0.15, 0.2) is 29.2 Å². The van der Waals surface area contributed by atoms with Crippen LogP contribution in [0, 0.1) is 5.92 Å². The molecule has 0 aliphatic carbocycles. The van der Waals surface area contributed by atoms with Gasteiger partial charge in [-0.3, -0.25) is 4.55 Å². The molecule has 5 nitrogen and oxygen atoms in total. The monoisotopic (exact) mass is 320 g/mol. The van der Waals surface area contributed by atoms with E-state index in [1.807, 2.05) is 6.92 Å². The minimum atomic E-state index is -4.06. The second kappa shape index (κ2) is 6.69. The van der Waals surface area contributed by atoms with Crippen LogP contribution in [0.1, 0.15) is 25.8 Å². The van der Waals surface area contributed by atoms with Gasteiger partial charge in [-0.25, -0.2) is 8.42 Å². The summed E-state index contributed by atoms with van der Waals surface area (Å²) in [5, 5.41) is 0. The summed E-state index contributed by atoms with van der Waals surface area (Å²) in [6.07, 6.45) is 1.03. The molecule has 20 heavy (non-hydrogen) atoms. The van der Waals surface area contributed by atoms with E-state index in [9.17, 15) is 16.8 Å². The number of benzene rings is 1. The van der Waals surface area contributed by atoms with E-state index >= 15 is 0 Å². The topological polar surface area (TPSA) is 88.5 Å². The van der Waals surface area contributed by atoms with Crippen molar-refractivity contribution in [2.24, 2.45) is 5.92 Å². The summed E-state index contributed by atoms with van der Waals surface area (Å²) in [7, 11) is -7.47. The second-order valence-corrected chi connectivity index (χ2v) is 8.57. The third-order valence-electron chi connectivity index (χ3n) is 3.07. The molecule has 0 bridgehead atoms. The van der Waals surface area contributed by atoms with E-state index in [0.717, 1.165) is 12.0 Å². The molecule has 1 rings (SSSR count). The summed E-state index contributed by atoms with van der Waals surface area (Å²) in [5.41, 5.74) is 1.06. The fraction of sp³-hybridized carbons (Fsp3) is 0.538. The lowest BCUT2D eigenvalue weighted by Gasteiger charge is -2.10. The fourth-order valence-corrected chi connectivity index (χ4v) is 4.23. The van der Waals surface area contributed by atoms with Crippen molar-refractivity contribution in [1.29, 1.82) is 0 Å². The Morgan fingerprint density at radius 3 is 2.10 bits per heavy atom. The van der Waals surface area contributed by atoms with E-state index in [0.29, 0.717) is 0 Å². The highest BCUT2D eigenvalue weighted by Crippen LogP contribution is 2.16. The van der Waals surface area contributed by atoms with E-state index in [4.69, 9.17) is 4.55 Å². The Kier molecular flexibility index (Phi) is 5.73. The summed E-state index contributed by atoms with van der Waals surface area (Å²) in [4.78, 5) is 0.244. The standard InChI is InChI=1S/C13H20O5S2/c1-3-12-4-6-13(7-5-12)19(14,15)9-8-11(2)10-20(16,17)18/h4-7,11H,3,8-10H2,1-2H3,(H,16,17,18). The molecule has 1 atom stereocenters. The van der Waals surface area contributed by atoms with Crippen LogP contribution in [0.3, 0.4) is 0 Å². The number of rotatable bonds is 7. The zero-order valence-electron chi connectivity index (χ0n) is 11.6. The number of hydrogen-bond donors (Lipinski definition) is 1. The molecule has 0 aliphatic rings. The van der Waals surface area contributed by atoms with E-state index in [2.05, 4.69) is 0 Å². The lowest BCUT2D eigenvalue weighted by Crippen LogP contribution is -2.17. The molecule has 0 saturated carbocycles. The zero-order valence-corrected chi connectivity index (χ0v) is 13.2. The smallest absolute Gasteiger partial charge is 0.265 e. The van der Waals surface area contributed by atoms with Gasteiger partial charge >= 0.3 is 0 Å². The van der Waals surface area contributed by atoms with E-state index < -0.39 is 31.6 Å². The minimum absolute atomic E-state index is 0.130. The highest BCUT2D eigenvalue weighted by molar-refractivity contribution is 7.91. The summed E-state index contributed by atoms with van der Waals surface area (Å²) in [6.45, 7) is 3.59. The molecule has 1 N–H and O–H groups in total. The number of sulfone groups is 1. The Morgan fingerprint density at radius 2 is 1.65 bits per heavy atom. The van der Waals surface area contributed by atoms with Crippen LogP contribution in [0.4, 0.5) is 0 Å². The Hall–Kier alpha value is -0.920. The van der Waals surface area contributed by atoms with Crippen molar-refractivity contribution in [3.8, 4) is 0 Å². The van der Waals surface area contributed by atoms with E-state index in [1.54, 1.807) is 31.2 Å². The fourth-order valence-electron chi connectivity index (χ4n) is 1.85. The van der Waals surface area contributed by atoms with Crippen LogP contribution in [0.5, 0.6) is 0 Å². The molecular weight excluding hydrogens is 300 g/mol. The van der Waals surface area contributed by atoms with Crippen LogP contribution in [-0.2, 0) is 26.4 Å². The number of aryl methyl sites for hydroxylation is 1. The van der Waals surface area contributed by atoms with Crippen molar-refractivity contribution in [3.63, 3.8) is 0 Å². The first kappa shape index (κ1) is 17.1. The SMILES string of the molecule is CCc1ccc(S(=O)(=O)CCC(C)CS(=O)(=O)O)cc1. The largest absolute Gasteiger partial charge is 0.286 e. The van der Waals surface area contributed by atoms with Crippen molar-refractivity contribution in [1.82, 2.24) is 0 Å². The van der Waals surface area contributed by atoms with Crippen molar-refractivity contribution in [2.75, 3.05) is 11.5 Å². The van der Waals surface area contributed by atoms with Crippen molar-refractivity contribution in [2.45, 2.75) is 31.6 Å². The normalized spacial score (nSPS) is 14.2. The van der Waals surface area contributed by atoms with Crippen molar-refractivity contribution >= 4 is 20.0 Å². The predicted octanol–water partition coefficient (Wildman–Crippen LogP) is 1.94. The first-order chi connectivity index (χ1) is 9.14. The van der Waals surface area contributed by atoms with Gasteiger partial charge in [0.25, 0.3) is 10.1 Å². The highest BCUT2D eigenvalue weighted by atomic mass is 32.2. The van der Waals surface area contributed by atoms with Gasteiger partial charge in [0.2, 0.25) is 0 Å². The van der Waals surface area contributed by atoms with E-state index in [-0.39, 0.29) is 17.1 Å². The quantitative estimate of drug-likeness (QED) is 0.776. The molecule has 0 spiro atoms. The molecule has 0 fully saturated rings. The maximum Gasteiger partial charge on any atom is 0.265 e. The average Bonchev–Trinajstić information content (AvgIpc) is 2.35. The van der Waals surface area contributed by atoms with Gasteiger partial charge in [-0.15, -0.1) is 0 Å². The molecular formula is C13H20O5S2. The van der Waals surface area contributed by atoms with Gasteiger partial charge in [-0.1, -0.05) is 26.0 Å². The Balaban J connectivity index is 2.70. The first-order valence-corrected chi connectivity index (χ1v) is 9.67. The minimum Gasteiger partial charge on any atom is -0.286 e. The van der Waals surface area contributed by atoms with Gasteiger partial charge in [-0.05, 0) is 36.5 Å². The van der Waals surface area contributed by atoms with Gasteiger partial charge in [0, 0.05) is 0 Å². The summed E-state index contributed by atoms with van der Waals surface area (Å²) < 4.78 is 54.3. The first-order valence-electron chi connectivity index (χ1n) is 6.41. The second-order valence-electron chi connectivity index (χ2n) is 4.96. The van der Waals surface area contributed by atoms with Crippen LogP contribution in [0.25, 0.3) is 0 Å². The van der Waals surface area contributed by atoms with Gasteiger partial charge < -0.3 is 0 Å². The molecule has 0 heterocycles. The van der Waals surface area contributed by atoms with Crippen LogP contribution >= 0.6 is 0 Å². The molecule has 114 valence electrons. The molecule has 0 amide bonds. The third-order valence-corrected chi connectivity index (χ3v) is 5.82. The van der Waals surface area contributed by atoms with Gasteiger partial charge in [0.1, 0.15) is 0 Å². The Morgan fingerprint density at radius 1 is 1.10 bits per heavy atom. The van der Waals surface area contributed by atoms with Crippen molar-refractivity contribution < 1.29 is 21.4 Å². The Bertz CT molecular complexity index is 630. The highest BCUT2D eigenvalue weighted by Gasteiger charge is 2.18. The maximum absolute atomic E-state index is 12.1. The van der Waals surface area contributed by atoms with Crippen LogP contribution in [-0.4, -0.2) is 32.9 Å². The lowest BCUT2D eigenvalue weighted by atomic mass is 10.2. The maximum atomic E-state index is 12.1. The van der Waals surface area contributed by atoms with Crippen LogP contribution < -0.4 is 0 Å². The predicted molar refractivity (Wildman–Crippen MR) is 78.1 cm³/mol. The third kappa shape index (κ3) is 5.60. The van der Waals surface area contributed by atoms with Gasteiger partial charge in [0.05, 0.1) is 16.4 Å². The lowest BCUT2D eigenvalue weighted by molar-refractivity contribution is 0.466. The number of hydrogen-bond acceptors (Lipinski definition) is 4. The van der Waals surface area contributed by atoms with Gasteiger partial charge in [-0.2, -0.15) is 8.42 Å². The molecule has 1 unspecified atom stereocenters. The van der Waals surface area contributed by atoms with E-state index in [1.165, 1.54) is 0 Å². The Labute approximate surface area is 120 Å². The molecule has 0 radical (unpaired) electrons. The molecule has 0 aromatic heterocycles. The summed E-state index contributed by atoms with van der Waals surface area (Å²) >= 11 is 0. The van der Waals surface area contributed by atoms with Crippen LogP contribution in [0.2, 0.25) is 0 Å².